The second kappa shape index (κ2) is 7.77. The molecule has 1 N–H and O–H groups in total. The highest BCUT2D eigenvalue weighted by atomic mass is 16.5. The minimum atomic E-state index is -0.428. The molecule has 0 aliphatic heterocycles. The van der Waals surface area contributed by atoms with E-state index >= 15 is 0 Å². The van der Waals surface area contributed by atoms with Crippen LogP contribution < -0.4 is 5.43 Å². The van der Waals surface area contributed by atoms with Crippen molar-refractivity contribution >= 4 is 28.3 Å². The Kier molecular flexibility index (Phi) is 5.06. The number of esters is 1. The molecule has 1 heterocycles. The van der Waals surface area contributed by atoms with Crippen LogP contribution in [0.3, 0.4) is 0 Å². The molecule has 3 rings (SSSR count). The Morgan fingerprint density at radius 2 is 1.81 bits per heavy atom. The first-order valence-electron chi connectivity index (χ1n) is 7.88. The number of hydrogen-bond acceptors (Lipinski definition) is 7. The number of carbonyl (C=O) groups is 1. The average molecular weight is 355 g/mol. The second-order valence-corrected chi connectivity index (χ2v) is 5.44. The molecule has 130 valence electrons. The topological polar surface area (TPSA) is 111 Å². The predicted molar refractivity (Wildman–Crippen MR) is 101 cm³/mol. The summed E-state index contributed by atoms with van der Waals surface area (Å²) < 4.78 is 4.89. The molecule has 0 aliphatic rings. The lowest BCUT2D eigenvalue weighted by molar-refractivity contribution is 0.0603. The van der Waals surface area contributed by atoms with Gasteiger partial charge in [-0.1, -0.05) is 30.3 Å². The lowest BCUT2D eigenvalue weighted by Crippen LogP contribution is -2.03. The van der Waals surface area contributed by atoms with Gasteiger partial charge >= 0.3 is 5.97 Å². The van der Waals surface area contributed by atoms with Crippen molar-refractivity contribution in [2.45, 2.75) is 0 Å². The van der Waals surface area contributed by atoms with Crippen LogP contribution in [0.2, 0.25) is 0 Å². The number of pyridine rings is 1. The fourth-order valence-corrected chi connectivity index (χ4v) is 2.51. The minimum absolute atomic E-state index is 0.266. The normalized spacial score (nSPS) is 9.74. The number of ether oxygens (including phenoxy) is 1. The molecule has 0 radical (unpaired) electrons. The maximum atomic E-state index is 12.1. The average Bonchev–Trinajstić information content (AvgIpc) is 2.73. The van der Waals surface area contributed by atoms with Crippen molar-refractivity contribution in [1.29, 1.82) is 10.5 Å². The number of para-hydroxylation sites is 1. The molecule has 1 aromatic heterocycles. The SMILES string of the molecule is COC(=O)c1cc(-c2ccc(NN=C(C#N)C#N)cc2)nc2ccccc12. The summed E-state index contributed by atoms with van der Waals surface area (Å²) >= 11 is 0. The second-order valence-electron chi connectivity index (χ2n) is 5.44. The maximum absolute atomic E-state index is 12.1. The van der Waals surface area contributed by atoms with E-state index in [1.54, 1.807) is 42.5 Å². The van der Waals surface area contributed by atoms with Gasteiger partial charge in [-0.05, 0) is 24.3 Å². The van der Waals surface area contributed by atoms with E-state index in [0.717, 1.165) is 10.9 Å². The predicted octanol–water partition coefficient (Wildman–Crippen LogP) is 3.50. The molecule has 0 saturated carbocycles. The molecule has 3 aromatic rings. The van der Waals surface area contributed by atoms with Crippen LogP contribution in [-0.2, 0) is 4.74 Å². The van der Waals surface area contributed by atoms with Gasteiger partial charge < -0.3 is 4.74 Å². The number of anilines is 1. The summed E-state index contributed by atoms with van der Waals surface area (Å²) in [6, 6.07) is 19.5. The molecule has 0 atom stereocenters. The van der Waals surface area contributed by atoms with E-state index in [1.807, 2.05) is 24.3 Å². The van der Waals surface area contributed by atoms with Crippen molar-refractivity contribution < 1.29 is 9.53 Å². The molecule has 2 aromatic carbocycles. The first kappa shape index (κ1) is 17.6. The Labute approximate surface area is 155 Å². The van der Waals surface area contributed by atoms with Crippen LogP contribution in [0.15, 0.2) is 59.7 Å². The quantitative estimate of drug-likeness (QED) is 0.435. The van der Waals surface area contributed by atoms with Gasteiger partial charge in [0.1, 0.15) is 12.1 Å². The lowest BCUT2D eigenvalue weighted by Gasteiger charge is -2.09. The number of hydrogen-bond donors (Lipinski definition) is 1. The van der Waals surface area contributed by atoms with Crippen LogP contribution in [0.4, 0.5) is 5.69 Å². The Balaban J connectivity index is 1.98. The van der Waals surface area contributed by atoms with Gasteiger partial charge in [-0.2, -0.15) is 15.6 Å². The van der Waals surface area contributed by atoms with Gasteiger partial charge in [0.2, 0.25) is 5.71 Å². The molecule has 27 heavy (non-hydrogen) atoms. The zero-order valence-electron chi connectivity index (χ0n) is 14.3. The van der Waals surface area contributed by atoms with Gasteiger partial charge in [-0.25, -0.2) is 9.78 Å². The first-order valence-corrected chi connectivity index (χ1v) is 7.88. The van der Waals surface area contributed by atoms with Gasteiger partial charge in [0.15, 0.2) is 0 Å². The summed E-state index contributed by atoms with van der Waals surface area (Å²) in [5.74, 6) is -0.428. The van der Waals surface area contributed by atoms with Crippen molar-refractivity contribution in [3.05, 3.63) is 60.2 Å². The standard InChI is InChI=1S/C20H13N5O2/c1-27-20(26)17-10-19(23-18-5-3-2-4-16(17)18)13-6-8-14(9-7-13)24-25-15(11-21)12-22/h2-10,24H,1H3. The van der Waals surface area contributed by atoms with Gasteiger partial charge in [-0.15, -0.1) is 0 Å². The molecule has 7 nitrogen and oxygen atoms in total. The van der Waals surface area contributed by atoms with Crippen LogP contribution >= 0.6 is 0 Å². The first-order chi connectivity index (χ1) is 13.2. The number of aromatic nitrogens is 1. The van der Waals surface area contributed by atoms with Crippen molar-refractivity contribution in [2.24, 2.45) is 5.10 Å². The Hall–Kier alpha value is -4.23. The van der Waals surface area contributed by atoms with Gasteiger partial charge in [0.25, 0.3) is 0 Å². The van der Waals surface area contributed by atoms with Gasteiger partial charge in [0.05, 0.1) is 29.6 Å². The van der Waals surface area contributed by atoms with Crippen molar-refractivity contribution in [2.75, 3.05) is 12.5 Å². The number of methoxy groups -OCH3 is 1. The van der Waals surface area contributed by atoms with Crippen LogP contribution in [0, 0.1) is 22.7 Å². The summed E-state index contributed by atoms with van der Waals surface area (Å²) in [5, 5.41) is 21.8. The zero-order valence-corrected chi connectivity index (χ0v) is 14.3. The molecular formula is C20H13N5O2. The summed E-state index contributed by atoms with van der Waals surface area (Å²) in [7, 11) is 1.34. The highest BCUT2D eigenvalue weighted by molar-refractivity contribution is 6.10. The molecule has 7 heteroatoms. The van der Waals surface area contributed by atoms with Crippen molar-refractivity contribution in [3.8, 4) is 23.4 Å². The third-order valence-electron chi connectivity index (χ3n) is 3.81. The van der Waals surface area contributed by atoms with E-state index < -0.39 is 5.97 Å². The molecule has 0 spiro atoms. The maximum Gasteiger partial charge on any atom is 0.338 e. The molecule has 0 bridgehead atoms. The van der Waals surface area contributed by atoms with E-state index in [2.05, 4.69) is 15.5 Å². The van der Waals surface area contributed by atoms with Crippen LogP contribution in [0.25, 0.3) is 22.2 Å². The number of nitrogens with one attached hydrogen (secondary N) is 1. The Morgan fingerprint density at radius 1 is 1.11 bits per heavy atom. The molecule has 0 fully saturated rings. The van der Waals surface area contributed by atoms with E-state index in [-0.39, 0.29) is 5.71 Å². The van der Waals surface area contributed by atoms with Crippen molar-refractivity contribution in [1.82, 2.24) is 4.98 Å². The van der Waals surface area contributed by atoms with E-state index in [4.69, 9.17) is 15.3 Å². The molecule has 0 aliphatic carbocycles. The number of nitrogens with zero attached hydrogens (tertiary/aromatic N) is 4. The third-order valence-corrected chi connectivity index (χ3v) is 3.81. The number of benzene rings is 2. The fraction of sp³-hybridized carbons (Fsp3) is 0.0500. The Morgan fingerprint density at radius 3 is 2.48 bits per heavy atom. The van der Waals surface area contributed by atoms with Crippen LogP contribution in [0.1, 0.15) is 10.4 Å². The number of carbonyl (C=O) groups excluding carboxylic acids is 1. The largest absolute Gasteiger partial charge is 0.465 e. The van der Waals surface area contributed by atoms with Crippen molar-refractivity contribution in [3.63, 3.8) is 0 Å². The fourth-order valence-electron chi connectivity index (χ4n) is 2.51. The lowest BCUT2D eigenvalue weighted by atomic mass is 10.0. The summed E-state index contributed by atoms with van der Waals surface area (Å²) in [5.41, 5.74) is 5.53. The van der Waals surface area contributed by atoms with Crippen LogP contribution in [0.5, 0.6) is 0 Å². The summed E-state index contributed by atoms with van der Waals surface area (Å²) in [4.78, 5) is 16.8. The van der Waals surface area contributed by atoms with E-state index in [9.17, 15) is 4.79 Å². The van der Waals surface area contributed by atoms with Gasteiger partial charge in [0, 0.05) is 10.9 Å². The summed E-state index contributed by atoms with van der Waals surface area (Å²) in [6.07, 6.45) is 0. The highest BCUT2D eigenvalue weighted by Gasteiger charge is 2.14. The Bertz CT molecular complexity index is 1110. The van der Waals surface area contributed by atoms with Gasteiger partial charge in [-0.3, -0.25) is 5.43 Å². The number of nitriles is 2. The zero-order chi connectivity index (χ0) is 19.2. The molecular weight excluding hydrogens is 342 g/mol. The molecule has 0 saturated heterocycles. The molecule has 0 unspecified atom stereocenters. The number of rotatable bonds is 4. The van der Waals surface area contributed by atoms with E-state index in [0.29, 0.717) is 22.5 Å². The number of fused-ring (bicyclic) bond motifs is 1. The monoisotopic (exact) mass is 355 g/mol. The highest BCUT2D eigenvalue weighted by Crippen LogP contribution is 2.26. The third kappa shape index (κ3) is 3.73. The van der Waals surface area contributed by atoms with E-state index in [1.165, 1.54) is 7.11 Å². The van der Waals surface area contributed by atoms with Crippen LogP contribution in [-0.4, -0.2) is 23.8 Å². The minimum Gasteiger partial charge on any atom is -0.465 e. The number of hydrazone groups is 1. The summed E-state index contributed by atoms with van der Waals surface area (Å²) in [6.45, 7) is 0. The smallest absolute Gasteiger partial charge is 0.338 e. The molecule has 0 amide bonds.